The summed E-state index contributed by atoms with van der Waals surface area (Å²) < 4.78 is 0. The molecule has 0 heteroatoms. The maximum Gasteiger partial charge on any atom is -0.0237 e. The van der Waals surface area contributed by atoms with Gasteiger partial charge in [-0.2, -0.15) is 0 Å². The normalized spacial score (nSPS) is 20.7. The third kappa shape index (κ3) is 20.7. The topological polar surface area (TPSA) is 0 Å². The number of rotatable bonds is 18. The summed E-state index contributed by atoms with van der Waals surface area (Å²) in [7, 11) is 0. The van der Waals surface area contributed by atoms with E-state index in [0.717, 1.165) is 65.1 Å². The fraction of sp³-hybridized carbons (Fsp3) is 0.952. The highest BCUT2D eigenvalue weighted by atomic mass is 14.4. The van der Waals surface area contributed by atoms with E-state index in [1.807, 2.05) is 0 Å². The molecule has 1 saturated carbocycles. The molecule has 0 aliphatic heterocycles. The summed E-state index contributed by atoms with van der Waals surface area (Å²) in [5.74, 6) is 10.6. The second kappa shape index (κ2) is 25.0. The number of hydrogen-bond donors (Lipinski definition) is 0. The van der Waals surface area contributed by atoms with E-state index in [1.165, 1.54) is 82.6 Å². The highest BCUT2D eigenvalue weighted by Gasteiger charge is 2.34. The first-order chi connectivity index (χ1) is 19.5. The molecule has 0 spiro atoms. The van der Waals surface area contributed by atoms with Crippen molar-refractivity contribution in [2.75, 3.05) is 0 Å². The molecule has 1 fully saturated rings. The summed E-state index contributed by atoms with van der Waals surface area (Å²) >= 11 is 0. The van der Waals surface area contributed by atoms with E-state index in [0.29, 0.717) is 5.92 Å². The average Bonchev–Trinajstić information content (AvgIpc) is 3.39. The first-order valence-electron chi connectivity index (χ1n) is 19.2. The van der Waals surface area contributed by atoms with Crippen LogP contribution in [0.4, 0.5) is 0 Å². The van der Waals surface area contributed by atoms with Crippen LogP contribution in [0.1, 0.15) is 188 Å². The van der Waals surface area contributed by atoms with Gasteiger partial charge in [0.2, 0.25) is 0 Å². The summed E-state index contributed by atoms with van der Waals surface area (Å²) in [6, 6.07) is 0. The monoisotopic (exact) mass is 591 g/mol. The predicted octanol–water partition coefficient (Wildman–Crippen LogP) is 14.9. The average molecular weight is 591 g/mol. The Kier molecular flexibility index (Phi) is 26.1. The SMILES string of the molecule is C=C(C)C(C)CCC(C)C1CCC(C(C)C(CCC(C)CCC(C)C)CC(C)C)C1.CCC.CCC(C(C)C)C(C)C. The van der Waals surface area contributed by atoms with Crippen molar-refractivity contribution in [3.8, 4) is 0 Å². The maximum absolute atomic E-state index is 4.16. The van der Waals surface area contributed by atoms with Crippen molar-refractivity contribution in [3.05, 3.63) is 12.2 Å². The largest absolute Gasteiger partial charge is 0.0999 e. The highest BCUT2D eigenvalue weighted by molar-refractivity contribution is 4.94. The zero-order chi connectivity index (χ0) is 33.0. The minimum absolute atomic E-state index is 0.691. The van der Waals surface area contributed by atoms with Crippen LogP contribution in [0, 0.1) is 71.0 Å². The van der Waals surface area contributed by atoms with Gasteiger partial charge in [0, 0.05) is 0 Å². The van der Waals surface area contributed by atoms with Crippen LogP contribution in [0.2, 0.25) is 0 Å². The summed E-state index contributed by atoms with van der Waals surface area (Å²) in [4.78, 5) is 0. The zero-order valence-electron chi connectivity index (χ0n) is 32.6. The van der Waals surface area contributed by atoms with Crippen molar-refractivity contribution >= 4 is 0 Å². The van der Waals surface area contributed by atoms with E-state index >= 15 is 0 Å². The van der Waals surface area contributed by atoms with E-state index in [4.69, 9.17) is 0 Å². The summed E-state index contributed by atoms with van der Waals surface area (Å²) in [6.07, 6.45) is 16.9. The van der Waals surface area contributed by atoms with E-state index in [9.17, 15) is 0 Å². The quantitative estimate of drug-likeness (QED) is 0.139. The minimum Gasteiger partial charge on any atom is -0.0999 e. The van der Waals surface area contributed by atoms with Crippen LogP contribution in [-0.4, -0.2) is 0 Å². The molecular weight excluding hydrogens is 504 g/mol. The Morgan fingerprint density at radius 2 is 1.14 bits per heavy atom. The van der Waals surface area contributed by atoms with Crippen LogP contribution in [-0.2, 0) is 0 Å². The van der Waals surface area contributed by atoms with Gasteiger partial charge in [-0.25, -0.2) is 0 Å². The van der Waals surface area contributed by atoms with E-state index in [2.05, 4.69) is 117 Å². The molecule has 0 aromatic carbocycles. The Labute approximate surface area is 270 Å². The van der Waals surface area contributed by atoms with Crippen molar-refractivity contribution in [2.24, 2.45) is 71.0 Å². The van der Waals surface area contributed by atoms with Crippen LogP contribution in [0.15, 0.2) is 12.2 Å². The Morgan fingerprint density at radius 3 is 1.55 bits per heavy atom. The third-order valence-electron chi connectivity index (χ3n) is 10.9. The smallest absolute Gasteiger partial charge is 0.0237 e. The van der Waals surface area contributed by atoms with Gasteiger partial charge in [-0.3, -0.25) is 0 Å². The van der Waals surface area contributed by atoms with Gasteiger partial charge in [-0.1, -0.05) is 148 Å². The highest BCUT2D eigenvalue weighted by Crippen LogP contribution is 2.45. The lowest BCUT2D eigenvalue weighted by Gasteiger charge is -2.32. The van der Waals surface area contributed by atoms with Gasteiger partial charge in [0.05, 0.1) is 0 Å². The molecule has 1 aliphatic carbocycles. The Morgan fingerprint density at radius 1 is 0.643 bits per heavy atom. The Balaban J connectivity index is 0. The molecule has 7 unspecified atom stereocenters. The van der Waals surface area contributed by atoms with Crippen molar-refractivity contribution in [1.82, 2.24) is 0 Å². The molecule has 1 aliphatic rings. The maximum atomic E-state index is 4.16. The van der Waals surface area contributed by atoms with Gasteiger partial charge in [0.15, 0.2) is 0 Å². The van der Waals surface area contributed by atoms with Crippen molar-refractivity contribution in [2.45, 2.75) is 188 Å². The molecule has 254 valence electrons. The van der Waals surface area contributed by atoms with Crippen LogP contribution in [0.3, 0.4) is 0 Å². The molecule has 0 bridgehead atoms. The molecule has 7 atom stereocenters. The Hall–Kier alpha value is -0.260. The molecule has 0 aromatic rings. The standard InChI is InChI=1S/C30H58.C9H20.C3H8/c1-21(2)11-12-24(7)13-16-29(19-22(3)4)27(10)30-18-17-28(20-30)26(9)15-14-25(8)23(5)6;1-6-9(7(2)3)8(4)5;1-3-2/h21-22,24-30H,5,11-20H2,1-4,6-10H3;7-9H,6H2,1-5H3;3H2,1-2H3. The lowest BCUT2D eigenvalue weighted by Crippen LogP contribution is -2.22. The Bertz CT molecular complexity index is 602. The first-order valence-corrected chi connectivity index (χ1v) is 19.2. The van der Waals surface area contributed by atoms with Gasteiger partial charge in [-0.05, 0) is 123 Å². The van der Waals surface area contributed by atoms with Gasteiger partial charge >= 0.3 is 0 Å². The zero-order valence-corrected chi connectivity index (χ0v) is 32.6. The first kappa shape index (κ1) is 43.9. The van der Waals surface area contributed by atoms with Crippen LogP contribution >= 0.6 is 0 Å². The van der Waals surface area contributed by atoms with Crippen LogP contribution < -0.4 is 0 Å². The van der Waals surface area contributed by atoms with Gasteiger partial charge < -0.3 is 0 Å². The van der Waals surface area contributed by atoms with Crippen LogP contribution in [0.5, 0.6) is 0 Å². The molecule has 0 radical (unpaired) electrons. The molecule has 0 N–H and O–H groups in total. The molecule has 0 saturated heterocycles. The summed E-state index contributed by atoms with van der Waals surface area (Å²) in [6.45, 7) is 41.8. The lowest BCUT2D eigenvalue weighted by atomic mass is 9.74. The molecule has 0 nitrogen and oxygen atoms in total. The van der Waals surface area contributed by atoms with E-state index in [1.54, 1.807) is 0 Å². The molecule has 42 heavy (non-hydrogen) atoms. The van der Waals surface area contributed by atoms with Gasteiger partial charge in [-0.15, -0.1) is 0 Å². The molecule has 1 rings (SSSR count). The van der Waals surface area contributed by atoms with Crippen molar-refractivity contribution in [3.63, 3.8) is 0 Å². The molecular formula is C42H86. The summed E-state index contributed by atoms with van der Waals surface area (Å²) in [5, 5.41) is 0. The fourth-order valence-corrected chi connectivity index (χ4v) is 7.60. The second-order valence-corrected chi connectivity index (χ2v) is 16.8. The summed E-state index contributed by atoms with van der Waals surface area (Å²) in [5.41, 5.74) is 1.36. The van der Waals surface area contributed by atoms with Crippen LogP contribution in [0.25, 0.3) is 0 Å². The number of hydrogen-bond acceptors (Lipinski definition) is 0. The van der Waals surface area contributed by atoms with E-state index in [-0.39, 0.29) is 0 Å². The van der Waals surface area contributed by atoms with E-state index < -0.39 is 0 Å². The second-order valence-electron chi connectivity index (χ2n) is 16.8. The molecule has 0 amide bonds. The van der Waals surface area contributed by atoms with Gasteiger partial charge in [0.1, 0.15) is 0 Å². The molecule has 0 heterocycles. The molecule has 0 aromatic heterocycles. The lowest BCUT2D eigenvalue weighted by molar-refractivity contribution is 0.186. The predicted molar refractivity (Wildman–Crippen MR) is 197 cm³/mol. The van der Waals surface area contributed by atoms with Crippen molar-refractivity contribution < 1.29 is 0 Å². The minimum atomic E-state index is 0.691. The van der Waals surface area contributed by atoms with Crippen molar-refractivity contribution in [1.29, 1.82) is 0 Å². The number of allylic oxidation sites excluding steroid dienone is 1. The van der Waals surface area contributed by atoms with Gasteiger partial charge in [0.25, 0.3) is 0 Å². The fourth-order valence-electron chi connectivity index (χ4n) is 7.60. The third-order valence-corrected chi connectivity index (χ3v) is 10.9.